The molecule has 0 saturated carbocycles. The van der Waals surface area contributed by atoms with E-state index < -0.39 is 23.9 Å². The van der Waals surface area contributed by atoms with Gasteiger partial charge in [-0.3, -0.25) is 4.79 Å². The van der Waals surface area contributed by atoms with Crippen molar-refractivity contribution in [3.05, 3.63) is 111 Å². The van der Waals surface area contributed by atoms with E-state index in [-0.39, 0.29) is 36.9 Å². The normalized spacial score (nSPS) is 14.4. The average molecular weight is 692 g/mol. The molecule has 1 aliphatic heterocycles. The molecule has 1 aliphatic rings. The summed E-state index contributed by atoms with van der Waals surface area (Å²) in [6, 6.07) is 20.8. The number of carbonyl (C=O) groups excluding carboxylic acids is 3. The van der Waals surface area contributed by atoms with E-state index in [1.807, 2.05) is 42.5 Å². The summed E-state index contributed by atoms with van der Waals surface area (Å²) in [4.78, 5) is 37.3. The van der Waals surface area contributed by atoms with Crippen molar-refractivity contribution in [2.45, 2.75) is 26.5 Å². The predicted molar refractivity (Wildman–Crippen MR) is 183 cm³/mol. The van der Waals surface area contributed by atoms with Gasteiger partial charge in [0.2, 0.25) is 0 Å². The summed E-state index contributed by atoms with van der Waals surface area (Å²) >= 11 is 13.0. The zero-order chi connectivity index (χ0) is 34.2. The molecule has 0 aliphatic carbocycles. The lowest BCUT2D eigenvalue weighted by molar-refractivity contribution is -0.139. The van der Waals surface area contributed by atoms with Crippen LogP contribution in [0, 0.1) is 0 Å². The summed E-state index contributed by atoms with van der Waals surface area (Å²) in [5, 5.41) is 12.1. The number of fused-ring (bicyclic) bond motifs is 1. The van der Waals surface area contributed by atoms with Crippen LogP contribution in [0.4, 0.5) is 4.79 Å². The number of rotatable bonds is 12. The summed E-state index contributed by atoms with van der Waals surface area (Å²) < 4.78 is 22.3. The van der Waals surface area contributed by atoms with Gasteiger partial charge in [-0.2, -0.15) is 5.10 Å². The van der Waals surface area contributed by atoms with Crippen LogP contribution < -0.4 is 30.3 Å². The van der Waals surface area contributed by atoms with Crippen LogP contribution in [0.2, 0.25) is 10.0 Å². The molecule has 13 heteroatoms. The Morgan fingerprint density at radius 2 is 1.73 bits per heavy atom. The molecule has 4 aromatic rings. The summed E-state index contributed by atoms with van der Waals surface area (Å²) in [6.07, 6.45) is 1.39. The number of esters is 1. The SMILES string of the molecule is CCOC(=O)C1=C(C)NC(=O)N[C@H]1c1ccc(OCC(=O)N/N=C\c2cc(Cl)c(OCc3cccc4ccccc34)c(Cl)c2)c(OC)c1. The number of hydrazone groups is 1. The van der Waals surface area contributed by atoms with Gasteiger partial charge >= 0.3 is 12.0 Å². The van der Waals surface area contributed by atoms with Gasteiger partial charge in [-0.05, 0) is 65.6 Å². The van der Waals surface area contributed by atoms with Gasteiger partial charge in [0.15, 0.2) is 23.9 Å². The number of benzene rings is 4. The molecule has 0 radical (unpaired) electrons. The van der Waals surface area contributed by atoms with Crippen molar-refractivity contribution < 1.29 is 33.3 Å². The fraction of sp³-hybridized carbons (Fsp3) is 0.200. The van der Waals surface area contributed by atoms with Crippen LogP contribution in [-0.2, 0) is 20.9 Å². The number of carbonyl (C=O) groups is 3. The number of nitrogens with one attached hydrogen (secondary N) is 3. The number of amides is 3. The molecular weight excluding hydrogens is 659 g/mol. The van der Waals surface area contributed by atoms with Gasteiger partial charge in [0.1, 0.15) is 6.61 Å². The maximum atomic E-state index is 12.6. The number of halogens is 2. The number of urea groups is 1. The van der Waals surface area contributed by atoms with E-state index in [1.54, 1.807) is 44.2 Å². The molecule has 0 fully saturated rings. The summed E-state index contributed by atoms with van der Waals surface area (Å²) in [7, 11) is 1.43. The van der Waals surface area contributed by atoms with Gasteiger partial charge < -0.3 is 29.6 Å². The number of hydrogen-bond acceptors (Lipinski definition) is 8. The third-order valence-corrected chi connectivity index (χ3v) is 7.88. The van der Waals surface area contributed by atoms with Crippen LogP contribution in [0.15, 0.2) is 89.2 Å². The van der Waals surface area contributed by atoms with Crippen molar-refractivity contribution >= 4 is 58.1 Å². The highest BCUT2D eigenvalue weighted by Crippen LogP contribution is 2.36. The Kier molecular flexibility index (Phi) is 11.0. The number of ether oxygens (including phenoxy) is 4. The Labute approximate surface area is 286 Å². The van der Waals surface area contributed by atoms with Crippen LogP contribution >= 0.6 is 23.2 Å². The molecule has 3 N–H and O–H groups in total. The van der Waals surface area contributed by atoms with Gasteiger partial charge in [0.05, 0.1) is 41.6 Å². The Balaban J connectivity index is 1.18. The van der Waals surface area contributed by atoms with Crippen molar-refractivity contribution in [1.29, 1.82) is 0 Å². The minimum Gasteiger partial charge on any atom is -0.493 e. The molecule has 5 rings (SSSR count). The lowest BCUT2D eigenvalue weighted by Crippen LogP contribution is -2.45. The number of nitrogens with zero attached hydrogens (tertiary/aromatic N) is 1. The maximum Gasteiger partial charge on any atom is 0.338 e. The molecular formula is C35H32Cl2N4O7. The van der Waals surface area contributed by atoms with Gasteiger partial charge in [0, 0.05) is 5.70 Å². The molecule has 1 heterocycles. The van der Waals surface area contributed by atoms with Crippen LogP contribution in [0.3, 0.4) is 0 Å². The highest BCUT2D eigenvalue weighted by molar-refractivity contribution is 6.37. The van der Waals surface area contributed by atoms with E-state index in [9.17, 15) is 14.4 Å². The molecule has 11 nitrogen and oxygen atoms in total. The Hall–Kier alpha value is -5.26. The molecule has 0 saturated heterocycles. The standard InChI is InChI=1S/C35H32Cl2N4O7/c1-4-46-34(43)31-20(2)39-35(44)40-32(31)23-12-13-28(29(16-23)45-3)47-19-30(42)41-38-17-21-14-26(36)33(27(37)15-21)48-18-24-10-7-9-22-8-5-6-11-25(22)24/h5-17,32H,4,18-19H2,1-3H3,(H,41,42)(H2,39,40,44)/b38-17-/t32-/m0/s1. The molecule has 48 heavy (non-hydrogen) atoms. The number of methoxy groups -OCH3 is 1. The lowest BCUT2D eigenvalue weighted by Gasteiger charge is -2.28. The second-order valence-corrected chi connectivity index (χ2v) is 11.3. The van der Waals surface area contributed by atoms with Crippen molar-refractivity contribution in [2.24, 2.45) is 5.10 Å². The smallest absolute Gasteiger partial charge is 0.338 e. The average Bonchev–Trinajstić information content (AvgIpc) is 3.06. The zero-order valence-electron chi connectivity index (χ0n) is 26.3. The Morgan fingerprint density at radius 3 is 2.48 bits per heavy atom. The fourth-order valence-corrected chi connectivity index (χ4v) is 5.73. The maximum absolute atomic E-state index is 12.6. The molecule has 248 valence electrons. The monoisotopic (exact) mass is 690 g/mol. The third-order valence-electron chi connectivity index (χ3n) is 7.32. The zero-order valence-corrected chi connectivity index (χ0v) is 27.8. The largest absolute Gasteiger partial charge is 0.493 e. The third kappa shape index (κ3) is 7.99. The Bertz CT molecular complexity index is 1900. The van der Waals surface area contributed by atoms with Crippen LogP contribution in [0.25, 0.3) is 10.8 Å². The van der Waals surface area contributed by atoms with E-state index in [0.29, 0.717) is 32.6 Å². The first-order valence-electron chi connectivity index (χ1n) is 14.8. The van der Waals surface area contributed by atoms with Gasteiger partial charge in [-0.1, -0.05) is 71.7 Å². The van der Waals surface area contributed by atoms with E-state index in [1.165, 1.54) is 13.3 Å². The summed E-state index contributed by atoms with van der Waals surface area (Å²) in [5.74, 6) is -0.221. The fourth-order valence-electron chi connectivity index (χ4n) is 5.12. The molecule has 0 aromatic heterocycles. The van der Waals surface area contributed by atoms with Crippen molar-refractivity contribution in [1.82, 2.24) is 16.1 Å². The first-order valence-corrected chi connectivity index (χ1v) is 15.6. The van der Waals surface area contributed by atoms with E-state index in [0.717, 1.165) is 16.3 Å². The molecule has 4 aromatic carbocycles. The van der Waals surface area contributed by atoms with Crippen LogP contribution in [0.5, 0.6) is 17.2 Å². The molecule has 1 atom stereocenters. The first kappa shape index (κ1) is 34.1. The predicted octanol–water partition coefficient (Wildman–Crippen LogP) is 6.45. The van der Waals surface area contributed by atoms with Crippen LogP contribution in [0.1, 0.15) is 36.6 Å². The highest BCUT2D eigenvalue weighted by atomic mass is 35.5. The van der Waals surface area contributed by atoms with E-state index in [2.05, 4.69) is 21.2 Å². The second kappa shape index (κ2) is 15.6. The summed E-state index contributed by atoms with van der Waals surface area (Å²) in [6.45, 7) is 3.38. The number of allylic oxidation sites excluding steroid dienone is 1. The van der Waals surface area contributed by atoms with Gasteiger partial charge in [-0.25, -0.2) is 15.0 Å². The number of hydrogen-bond donors (Lipinski definition) is 3. The minimum atomic E-state index is -0.787. The first-order chi connectivity index (χ1) is 23.2. The Morgan fingerprint density at radius 1 is 0.979 bits per heavy atom. The highest BCUT2D eigenvalue weighted by Gasteiger charge is 2.32. The van der Waals surface area contributed by atoms with Crippen molar-refractivity contribution in [3.8, 4) is 17.2 Å². The topological polar surface area (TPSA) is 137 Å². The van der Waals surface area contributed by atoms with Crippen LogP contribution in [-0.4, -0.2) is 44.4 Å². The molecule has 0 spiro atoms. The van der Waals surface area contributed by atoms with E-state index >= 15 is 0 Å². The van der Waals surface area contributed by atoms with Crippen molar-refractivity contribution in [3.63, 3.8) is 0 Å². The van der Waals surface area contributed by atoms with E-state index in [4.69, 9.17) is 42.1 Å². The minimum absolute atomic E-state index is 0.175. The lowest BCUT2D eigenvalue weighted by atomic mass is 9.95. The van der Waals surface area contributed by atoms with Gasteiger partial charge in [-0.15, -0.1) is 0 Å². The van der Waals surface area contributed by atoms with Gasteiger partial charge in [0.25, 0.3) is 5.91 Å². The second-order valence-electron chi connectivity index (χ2n) is 10.5. The van der Waals surface area contributed by atoms with Crippen molar-refractivity contribution in [2.75, 3.05) is 20.3 Å². The quantitative estimate of drug-likeness (QED) is 0.0882. The molecule has 0 unspecified atom stereocenters. The summed E-state index contributed by atoms with van der Waals surface area (Å²) in [5.41, 5.74) is 5.12. The molecule has 3 amide bonds. The molecule has 0 bridgehead atoms.